The van der Waals surface area contributed by atoms with Crippen LogP contribution >= 0.6 is 0 Å². The summed E-state index contributed by atoms with van der Waals surface area (Å²) in [6.07, 6.45) is 0. The van der Waals surface area contributed by atoms with Crippen molar-refractivity contribution in [1.29, 1.82) is 0 Å². The van der Waals surface area contributed by atoms with E-state index in [4.69, 9.17) is 9.84 Å². The van der Waals surface area contributed by atoms with Crippen LogP contribution in [0, 0.1) is 0 Å². The summed E-state index contributed by atoms with van der Waals surface area (Å²) in [4.78, 5) is 22.9. The largest absolute Gasteiger partial charge is 0.548 e. The van der Waals surface area contributed by atoms with E-state index in [1.807, 2.05) is 6.92 Å². The van der Waals surface area contributed by atoms with Crippen LogP contribution in [0.3, 0.4) is 0 Å². The van der Waals surface area contributed by atoms with E-state index in [0.29, 0.717) is 24.6 Å². The van der Waals surface area contributed by atoms with Crippen molar-refractivity contribution in [1.82, 2.24) is 5.32 Å². The molecule has 1 unspecified atom stereocenters. The quantitative estimate of drug-likeness (QED) is 0.434. The minimum absolute atomic E-state index is 0.101. The first-order valence-electron chi connectivity index (χ1n) is 6.72. The van der Waals surface area contributed by atoms with Gasteiger partial charge in [0.15, 0.2) is 0 Å². The molecule has 1 rings (SSSR count). The van der Waals surface area contributed by atoms with Gasteiger partial charge in [0, 0.05) is 5.56 Å². The first-order chi connectivity index (χ1) is 10.1. The Morgan fingerprint density at radius 2 is 2.00 bits per heavy atom. The van der Waals surface area contributed by atoms with Crippen LogP contribution in [-0.4, -0.2) is 50.0 Å². The molecule has 0 radical (unpaired) electrons. The number of nitrogens with one attached hydrogen (secondary N) is 2. The van der Waals surface area contributed by atoms with Crippen molar-refractivity contribution >= 4 is 11.9 Å². The molecule has 1 aromatic carbocycles. The van der Waals surface area contributed by atoms with Crippen molar-refractivity contribution in [2.24, 2.45) is 0 Å². The molecule has 0 fully saturated rings. The van der Waals surface area contributed by atoms with E-state index in [2.05, 4.69) is 5.32 Å². The third-order valence-electron chi connectivity index (χ3n) is 2.92. The predicted octanol–water partition coefficient (Wildman–Crippen LogP) is -2.60. The Hall–Kier alpha value is -2.12. The normalized spacial score (nSPS) is 11.7. The van der Waals surface area contributed by atoms with E-state index in [9.17, 15) is 14.7 Å². The van der Waals surface area contributed by atoms with E-state index in [1.54, 1.807) is 24.3 Å². The number of amides is 1. The second-order valence-corrected chi connectivity index (χ2v) is 4.44. The number of carboxylic acids is 1. The predicted molar refractivity (Wildman–Crippen MR) is 72.7 cm³/mol. The number of carbonyl (C=O) groups excluding carboxylic acids is 2. The first kappa shape index (κ1) is 16.9. The monoisotopic (exact) mass is 296 g/mol. The topological polar surface area (TPSA) is 103 Å². The van der Waals surface area contributed by atoms with Crippen LogP contribution in [0.15, 0.2) is 24.3 Å². The summed E-state index contributed by atoms with van der Waals surface area (Å²) in [5.41, 5.74) is 0.346. The summed E-state index contributed by atoms with van der Waals surface area (Å²) in [6, 6.07) is 6.38. The molecule has 1 aromatic rings. The molecule has 0 aromatic heterocycles. The van der Waals surface area contributed by atoms with Gasteiger partial charge in [0.25, 0.3) is 5.91 Å². The van der Waals surface area contributed by atoms with Crippen molar-refractivity contribution in [2.45, 2.75) is 6.92 Å². The average molecular weight is 296 g/mol. The Kier molecular flexibility index (Phi) is 7.20. The Balaban J connectivity index is 2.49. The van der Waals surface area contributed by atoms with Gasteiger partial charge in [0.1, 0.15) is 12.3 Å². The van der Waals surface area contributed by atoms with Gasteiger partial charge < -0.3 is 30.0 Å². The molecule has 0 bridgehead atoms. The Morgan fingerprint density at radius 1 is 1.33 bits per heavy atom. The summed E-state index contributed by atoms with van der Waals surface area (Å²) in [5, 5.41) is 21.4. The molecular formula is C14H20N2O5. The maximum atomic E-state index is 11.6. The van der Waals surface area contributed by atoms with Gasteiger partial charge in [-0.1, -0.05) is 0 Å². The fourth-order valence-corrected chi connectivity index (χ4v) is 1.65. The van der Waals surface area contributed by atoms with Gasteiger partial charge in [-0.2, -0.15) is 0 Å². The van der Waals surface area contributed by atoms with Gasteiger partial charge in [0.2, 0.25) is 6.73 Å². The van der Waals surface area contributed by atoms with Gasteiger partial charge in [-0.15, -0.1) is 0 Å². The van der Waals surface area contributed by atoms with Crippen LogP contribution in [-0.2, 0) is 4.79 Å². The highest BCUT2D eigenvalue weighted by molar-refractivity contribution is 5.95. The van der Waals surface area contributed by atoms with Gasteiger partial charge in [-0.05, 0) is 31.2 Å². The number of likely N-dealkylation sites (N-methyl/N-ethyl adjacent to an activating group) is 1. The molecule has 0 saturated carbocycles. The number of aliphatic hydroxyl groups is 1. The van der Waals surface area contributed by atoms with Crippen LogP contribution in [0.4, 0.5) is 0 Å². The number of rotatable bonds is 9. The lowest BCUT2D eigenvalue weighted by atomic mass is 10.2. The fourth-order valence-electron chi connectivity index (χ4n) is 1.65. The summed E-state index contributed by atoms with van der Waals surface area (Å²) in [6.45, 7) is 3.45. The molecule has 7 heteroatoms. The lowest BCUT2D eigenvalue weighted by Gasteiger charge is -2.16. The van der Waals surface area contributed by atoms with Crippen molar-refractivity contribution in [2.75, 3.05) is 33.0 Å². The molecule has 1 atom stereocenters. The molecular weight excluding hydrogens is 276 g/mol. The number of benzene rings is 1. The minimum atomic E-state index is -1.34. The van der Waals surface area contributed by atoms with E-state index < -0.39 is 18.4 Å². The van der Waals surface area contributed by atoms with Gasteiger partial charge in [-0.25, -0.2) is 0 Å². The summed E-state index contributed by atoms with van der Waals surface area (Å²) in [5.74, 6) is -1.21. The van der Waals surface area contributed by atoms with Crippen molar-refractivity contribution in [3.05, 3.63) is 29.8 Å². The zero-order valence-corrected chi connectivity index (χ0v) is 11.9. The van der Waals surface area contributed by atoms with Crippen LogP contribution in [0.2, 0.25) is 0 Å². The van der Waals surface area contributed by atoms with Gasteiger partial charge >= 0.3 is 0 Å². The number of carboxylic acid groups (broad SMARTS) is 1. The molecule has 3 N–H and O–H groups in total. The molecule has 0 aliphatic rings. The van der Waals surface area contributed by atoms with Crippen molar-refractivity contribution < 1.29 is 29.4 Å². The first-order valence-corrected chi connectivity index (χ1v) is 6.72. The van der Waals surface area contributed by atoms with E-state index >= 15 is 0 Å². The lowest BCUT2D eigenvalue weighted by molar-refractivity contribution is -0.914. The number of hydrogen-bond acceptors (Lipinski definition) is 5. The molecule has 116 valence electrons. The lowest BCUT2D eigenvalue weighted by Crippen LogP contribution is -3.13. The number of ether oxygens (including phenoxy) is 1. The van der Waals surface area contributed by atoms with Crippen molar-refractivity contribution in [3.63, 3.8) is 0 Å². The Morgan fingerprint density at radius 3 is 2.52 bits per heavy atom. The highest BCUT2D eigenvalue weighted by atomic mass is 16.5. The second-order valence-electron chi connectivity index (χ2n) is 4.44. The smallest absolute Gasteiger partial charge is 0.251 e. The number of aliphatic hydroxyl groups excluding tert-OH is 1. The average Bonchev–Trinajstić information content (AvgIpc) is 2.49. The number of aliphatic carboxylic acids is 1. The van der Waals surface area contributed by atoms with Crippen molar-refractivity contribution in [3.8, 4) is 5.75 Å². The van der Waals surface area contributed by atoms with E-state index in [-0.39, 0.29) is 6.61 Å². The maximum Gasteiger partial charge on any atom is 0.251 e. The number of hydrogen-bond donors (Lipinski definition) is 3. The van der Waals surface area contributed by atoms with Crippen LogP contribution in [0.25, 0.3) is 0 Å². The van der Waals surface area contributed by atoms with Gasteiger partial charge in [-0.3, -0.25) is 4.79 Å². The molecule has 1 amide bonds. The SMILES string of the molecule is CC[NH+](CCO)COc1ccc(C(=O)NCC(=O)[O-])cc1. The van der Waals surface area contributed by atoms with Crippen LogP contribution in [0.1, 0.15) is 17.3 Å². The molecule has 0 heterocycles. The Labute approximate surface area is 123 Å². The maximum absolute atomic E-state index is 11.6. The fraction of sp³-hybridized carbons (Fsp3) is 0.429. The molecule has 0 spiro atoms. The second kappa shape index (κ2) is 8.93. The highest BCUT2D eigenvalue weighted by Crippen LogP contribution is 2.11. The highest BCUT2D eigenvalue weighted by Gasteiger charge is 2.07. The summed E-state index contributed by atoms with van der Waals surface area (Å²) < 4.78 is 5.56. The van der Waals surface area contributed by atoms with Crippen LogP contribution < -0.4 is 20.1 Å². The number of carbonyl (C=O) groups is 2. The summed E-state index contributed by atoms with van der Waals surface area (Å²) >= 11 is 0. The third kappa shape index (κ3) is 6.24. The van der Waals surface area contributed by atoms with E-state index in [0.717, 1.165) is 11.4 Å². The number of quaternary nitrogens is 1. The van der Waals surface area contributed by atoms with Gasteiger partial charge in [0.05, 0.1) is 25.7 Å². The molecule has 0 aliphatic heterocycles. The summed E-state index contributed by atoms with van der Waals surface area (Å²) in [7, 11) is 0. The zero-order valence-electron chi connectivity index (χ0n) is 11.9. The van der Waals surface area contributed by atoms with Crippen LogP contribution in [0.5, 0.6) is 5.75 Å². The third-order valence-corrected chi connectivity index (χ3v) is 2.92. The standard InChI is InChI=1S/C14H20N2O5/c1-2-16(7-8-17)10-21-12-5-3-11(4-6-12)14(20)15-9-13(18)19/h3-6,17H,2,7-10H2,1H3,(H,15,20)(H,18,19). The zero-order chi connectivity index (χ0) is 15.7. The Bertz CT molecular complexity index is 461. The molecule has 0 saturated heterocycles. The molecule has 21 heavy (non-hydrogen) atoms. The molecule has 0 aliphatic carbocycles. The molecule has 7 nitrogen and oxygen atoms in total. The van der Waals surface area contributed by atoms with E-state index in [1.165, 1.54) is 0 Å². The minimum Gasteiger partial charge on any atom is -0.548 e.